The van der Waals surface area contributed by atoms with Crippen LogP contribution in [-0.4, -0.2) is 16.1 Å². The third-order valence-electron chi connectivity index (χ3n) is 3.00. The zero-order chi connectivity index (χ0) is 16.1. The van der Waals surface area contributed by atoms with Gasteiger partial charge in [0.2, 0.25) is 0 Å². The van der Waals surface area contributed by atoms with Gasteiger partial charge in [0.1, 0.15) is 18.1 Å². The number of hydrogen-bond acceptors (Lipinski definition) is 5. The maximum absolute atomic E-state index is 12.0. The third-order valence-corrected chi connectivity index (χ3v) is 3.88. The Balaban J connectivity index is 1.63. The van der Waals surface area contributed by atoms with Crippen molar-refractivity contribution in [2.75, 3.05) is 5.32 Å². The van der Waals surface area contributed by atoms with E-state index in [2.05, 4.69) is 15.3 Å². The van der Waals surface area contributed by atoms with E-state index in [1.807, 2.05) is 47.8 Å². The lowest BCUT2D eigenvalue weighted by Gasteiger charge is -2.06. The van der Waals surface area contributed by atoms with Crippen LogP contribution in [-0.2, 0) is 11.3 Å². The van der Waals surface area contributed by atoms with E-state index >= 15 is 0 Å². The van der Waals surface area contributed by atoms with Crippen LogP contribution in [0, 0.1) is 0 Å². The van der Waals surface area contributed by atoms with E-state index in [4.69, 9.17) is 4.74 Å². The number of anilines is 1. The first-order valence-electron chi connectivity index (χ1n) is 6.83. The van der Waals surface area contributed by atoms with Crippen molar-refractivity contribution in [3.8, 4) is 10.7 Å². The number of thiophene rings is 1. The molecular weight excluding hydrogens is 314 g/mol. The van der Waals surface area contributed by atoms with E-state index < -0.39 is 11.7 Å². The predicted molar refractivity (Wildman–Crippen MR) is 88.4 cm³/mol. The normalized spacial score (nSPS) is 10.3. The molecule has 2 N–H and O–H groups in total. The first-order valence-corrected chi connectivity index (χ1v) is 7.71. The summed E-state index contributed by atoms with van der Waals surface area (Å²) >= 11 is 1.47. The van der Waals surface area contributed by atoms with E-state index in [0.717, 1.165) is 10.4 Å². The number of nitrogens with one attached hydrogen (secondary N) is 2. The number of carbonyl (C=O) groups is 1. The molecule has 7 heteroatoms. The number of rotatable bonds is 4. The van der Waals surface area contributed by atoms with Gasteiger partial charge in [0.15, 0.2) is 0 Å². The maximum Gasteiger partial charge on any atom is 0.412 e. The summed E-state index contributed by atoms with van der Waals surface area (Å²) < 4.78 is 5.06. The van der Waals surface area contributed by atoms with Crippen molar-refractivity contribution in [3.63, 3.8) is 0 Å². The van der Waals surface area contributed by atoms with Crippen LogP contribution in [0.4, 0.5) is 10.5 Å². The van der Waals surface area contributed by atoms with Gasteiger partial charge in [0.05, 0.1) is 11.1 Å². The van der Waals surface area contributed by atoms with Gasteiger partial charge in [-0.05, 0) is 17.0 Å². The molecule has 3 rings (SSSR count). The highest BCUT2D eigenvalue weighted by molar-refractivity contribution is 7.13. The lowest BCUT2D eigenvalue weighted by Crippen LogP contribution is -2.21. The van der Waals surface area contributed by atoms with Gasteiger partial charge in [-0.2, -0.15) is 0 Å². The van der Waals surface area contributed by atoms with Crippen molar-refractivity contribution in [2.24, 2.45) is 0 Å². The number of carbonyl (C=O) groups excluding carboxylic acids is 1. The minimum atomic E-state index is -0.704. The van der Waals surface area contributed by atoms with Crippen molar-refractivity contribution in [2.45, 2.75) is 6.61 Å². The summed E-state index contributed by atoms with van der Waals surface area (Å²) in [5.41, 5.74) is 0.478. The molecule has 0 fully saturated rings. The zero-order valence-corrected chi connectivity index (χ0v) is 12.8. The Kier molecular flexibility index (Phi) is 4.49. The molecule has 3 aromatic rings. The molecule has 2 heterocycles. The minimum Gasteiger partial charge on any atom is -0.444 e. The number of benzene rings is 1. The highest BCUT2D eigenvalue weighted by Crippen LogP contribution is 2.19. The van der Waals surface area contributed by atoms with Gasteiger partial charge in [-0.1, -0.05) is 36.4 Å². The largest absolute Gasteiger partial charge is 0.444 e. The van der Waals surface area contributed by atoms with Crippen LogP contribution in [0.15, 0.2) is 58.8 Å². The first kappa shape index (κ1) is 15.0. The van der Waals surface area contributed by atoms with Gasteiger partial charge < -0.3 is 9.72 Å². The van der Waals surface area contributed by atoms with E-state index in [1.54, 1.807) is 0 Å². The SMILES string of the molecule is O=C(Nc1cnc(-c2cccs2)[nH]c1=O)OCc1ccccc1. The van der Waals surface area contributed by atoms with Gasteiger partial charge in [0, 0.05) is 0 Å². The third kappa shape index (κ3) is 3.83. The molecule has 0 aliphatic heterocycles. The fourth-order valence-electron chi connectivity index (χ4n) is 1.89. The Morgan fingerprint density at radius 1 is 1.22 bits per heavy atom. The number of aromatic nitrogens is 2. The highest BCUT2D eigenvalue weighted by Gasteiger charge is 2.09. The lowest BCUT2D eigenvalue weighted by atomic mass is 10.2. The molecule has 0 unspecified atom stereocenters. The molecule has 0 saturated carbocycles. The van der Waals surface area contributed by atoms with Crippen LogP contribution in [0.1, 0.15) is 5.56 Å². The summed E-state index contributed by atoms with van der Waals surface area (Å²) in [6, 6.07) is 13.0. The first-order chi connectivity index (χ1) is 11.2. The van der Waals surface area contributed by atoms with Crippen molar-refractivity contribution < 1.29 is 9.53 Å². The maximum atomic E-state index is 12.0. The van der Waals surface area contributed by atoms with Crippen molar-refractivity contribution in [3.05, 3.63) is 70.0 Å². The molecule has 0 atom stereocenters. The number of amides is 1. The summed E-state index contributed by atoms with van der Waals surface area (Å²) in [5.74, 6) is 0.466. The van der Waals surface area contributed by atoms with Crippen molar-refractivity contribution in [1.82, 2.24) is 9.97 Å². The summed E-state index contributed by atoms with van der Waals surface area (Å²) in [6.45, 7) is 0.130. The van der Waals surface area contributed by atoms with Gasteiger partial charge in [-0.3, -0.25) is 10.1 Å². The number of ether oxygens (including phenoxy) is 1. The summed E-state index contributed by atoms with van der Waals surface area (Å²) in [4.78, 5) is 31.3. The molecule has 0 aliphatic rings. The summed E-state index contributed by atoms with van der Waals surface area (Å²) in [6.07, 6.45) is 0.613. The van der Waals surface area contributed by atoms with Gasteiger partial charge in [-0.25, -0.2) is 9.78 Å². The molecule has 1 amide bonds. The summed E-state index contributed by atoms with van der Waals surface area (Å²) in [7, 11) is 0. The molecule has 116 valence electrons. The second-order valence-electron chi connectivity index (χ2n) is 4.64. The van der Waals surface area contributed by atoms with Crippen LogP contribution in [0.5, 0.6) is 0 Å². The quantitative estimate of drug-likeness (QED) is 0.770. The fourth-order valence-corrected chi connectivity index (χ4v) is 2.57. The molecule has 0 bridgehead atoms. The van der Waals surface area contributed by atoms with Crippen LogP contribution >= 0.6 is 11.3 Å². The highest BCUT2D eigenvalue weighted by atomic mass is 32.1. The fraction of sp³-hybridized carbons (Fsp3) is 0.0625. The molecule has 2 aromatic heterocycles. The molecular formula is C16H13N3O3S. The monoisotopic (exact) mass is 327 g/mol. The minimum absolute atomic E-state index is 0.0448. The van der Waals surface area contributed by atoms with Gasteiger partial charge >= 0.3 is 6.09 Å². The van der Waals surface area contributed by atoms with Crippen LogP contribution in [0.3, 0.4) is 0 Å². The van der Waals surface area contributed by atoms with Crippen LogP contribution < -0.4 is 10.9 Å². The van der Waals surface area contributed by atoms with E-state index in [9.17, 15) is 9.59 Å². The molecule has 0 saturated heterocycles. The number of aromatic amines is 1. The second kappa shape index (κ2) is 6.89. The molecule has 0 aliphatic carbocycles. The van der Waals surface area contributed by atoms with Gasteiger partial charge in [0.25, 0.3) is 5.56 Å². The Labute approximate surface area is 135 Å². The number of hydrogen-bond donors (Lipinski definition) is 2. The van der Waals surface area contributed by atoms with E-state index in [0.29, 0.717) is 5.82 Å². The Morgan fingerprint density at radius 3 is 2.74 bits per heavy atom. The average Bonchev–Trinajstić information content (AvgIpc) is 3.10. The van der Waals surface area contributed by atoms with Crippen LogP contribution in [0.25, 0.3) is 10.7 Å². The Bertz CT molecular complexity index is 845. The predicted octanol–water partition coefficient (Wildman–Crippen LogP) is 3.25. The van der Waals surface area contributed by atoms with Crippen molar-refractivity contribution in [1.29, 1.82) is 0 Å². The second-order valence-corrected chi connectivity index (χ2v) is 5.59. The topological polar surface area (TPSA) is 84.1 Å². The zero-order valence-electron chi connectivity index (χ0n) is 12.0. The number of nitrogens with zero attached hydrogens (tertiary/aromatic N) is 1. The smallest absolute Gasteiger partial charge is 0.412 e. The molecule has 0 spiro atoms. The standard InChI is InChI=1S/C16H13N3O3S/c20-15-12(9-17-14(19-15)13-7-4-8-23-13)18-16(21)22-10-11-5-2-1-3-6-11/h1-9H,10H2,(H,18,21)(H,17,19,20). The summed E-state index contributed by atoms with van der Waals surface area (Å²) in [5, 5.41) is 4.28. The molecule has 0 radical (unpaired) electrons. The van der Waals surface area contributed by atoms with E-state index in [1.165, 1.54) is 17.5 Å². The average molecular weight is 327 g/mol. The molecule has 23 heavy (non-hydrogen) atoms. The Hall–Kier alpha value is -2.93. The van der Waals surface area contributed by atoms with E-state index in [-0.39, 0.29) is 12.3 Å². The lowest BCUT2D eigenvalue weighted by molar-refractivity contribution is 0.155. The molecule has 6 nitrogen and oxygen atoms in total. The van der Waals surface area contributed by atoms with Crippen molar-refractivity contribution >= 4 is 23.1 Å². The number of H-pyrrole nitrogens is 1. The van der Waals surface area contributed by atoms with Gasteiger partial charge in [-0.15, -0.1) is 11.3 Å². The molecule has 1 aromatic carbocycles. The van der Waals surface area contributed by atoms with Crippen LogP contribution in [0.2, 0.25) is 0 Å². The Morgan fingerprint density at radius 2 is 2.04 bits per heavy atom.